The Morgan fingerprint density at radius 3 is 2.31 bits per heavy atom. The third kappa shape index (κ3) is 3.76. The topological polar surface area (TPSA) is 25.8 Å². The van der Waals surface area contributed by atoms with Gasteiger partial charge in [-0.3, -0.25) is 0 Å². The van der Waals surface area contributed by atoms with Gasteiger partial charge in [0.05, 0.1) is 0 Å². The molecule has 0 N–H and O–H groups in total. The third-order valence-electron chi connectivity index (χ3n) is 6.88. The van der Waals surface area contributed by atoms with Gasteiger partial charge in [-0.2, -0.15) is 0 Å². The quantitative estimate of drug-likeness (QED) is 0.137. The Morgan fingerprint density at radius 1 is 0.714 bits per heavy atom. The van der Waals surface area contributed by atoms with Crippen molar-refractivity contribution in [3.63, 3.8) is 0 Å². The molecule has 1 radical (unpaired) electrons. The largest absolute Gasteiger partial charge is 0.305 e. The number of pyridine rings is 2. The maximum absolute atomic E-state index is 4.73. The first kappa shape index (κ1) is 23.4. The second-order valence-electron chi connectivity index (χ2n) is 9.36. The van der Waals surface area contributed by atoms with Crippen molar-refractivity contribution < 1.29 is 20.1 Å². The van der Waals surface area contributed by atoms with Crippen LogP contribution >= 0.6 is 0 Å². The van der Waals surface area contributed by atoms with Gasteiger partial charge < -0.3 is 9.97 Å². The number of benzene rings is 4. The molecule has 0 atom stereocenters. The van der Waals surface area contributed by atoms with E-state index in [9.17, 15) is 0 Å². The summed E-state index contributed by atoms with van der Waals surface area (Å²) in [4.78, 5) is 8.95. The summed E-state index contributed by atoms with van der Waals surface area (Å²) in [7, 11) is 0. The number of rotatable bonds is 1. The van der Waals surface area contributed by atoms with Crippen LogP contribution in [0.1, 0.15) is 30.5 Å². The van der Waals surface area contributed by atoms with Crippen molar-refractivity contribution in [3.05, 3.63) is 120 Å². The van der Waals surface area contributed by atoms with Gasteiger partial charge in [-0.15, -0.1) is 65.0 Å². The van der Waals surface area contributed by atoms with Crippen molar-refractivity contribution in [2.24, 2.45) is 0 Å². The number of fused-ring (bicyclic) bond motifs is 3. The summed E-state index contributed by atoms with van der Waals surface area (Å²) in [5.41, 5.74) is 7.11. The maximum Gasteiger partial charge on any atom is 0.0164 e. The second-order valence-corrected chi connectivity index (χ2v) is 9.36. The zero-order valence-corrected chi connectivity index (χ0v) is 22.3. The fourth-order valence-electron chi connectivity index (χ4n) is 5.22. The van der Waals surface area contributed by atoms with E-state index in [1.54, 1.807) is 6.20 Å². The third-order valence-corrected chi connectivity index (χ3v) is 6.88. The van der Waals surface area contributed by atoms with Gasteiger partial charge in [-0.25, -0.2) is 0 Å². The Morgan fingerprint density at radius 2 is 1.54 bits per heavy atom. The molecule has 0 unspecified atom stereocenters. The molecular formula is C32H24IrN2-2. The Labute approximate surface area is 219 Å². The molecule has 0 bridgehead atoms. The number of hydrogen-bond donors (Lipinski definition) is 0. The Kier molecular flexibility index (Phi) is 6.00. The Bertz CT molecular complexity index is 1640. The standard InChI is InChI=1S/C21H16N.C11H8N.Ir/c1-12-7-8-13-14-5-4-6-16-18(14)19-17(21(16,2)3)9-10-22-20(19)15(13)11-12;1-2-6-10(7-3-1)11-8-4-5-9-12-11;/h4-10H,1-3H3;1-6,8-9H;/q2*-1;. The molecular weight excluding hydrogens is 605 g/mol. The van der Waals surface area contributed by atoms with Gasteiger partial charge in [-0.1, -0.05) is 61.9 Å². The minimum absolute atomic E-state index is 0. The molecule has 35 heavy (non-hydrogen) atoms. The van der Waals surface area contributed by atoms with Crippen molar-refractivity contribution in [2.75, 3.05) is 0 Å². The van der Waals surface area contributed by atoms with E-state index in [2.05, 4.69) is 74.3 Å². The molecule has 2 aromatic heterocycles. The number of nitrogens with zero attached hydrogens (tertiary/aromatic N) is 2. The molecule has 6 aromatic rings. The van der Waals surface area contributed by atoms with Crippen molar-refractivity contribution >= 4 is 32.4 Å². The maximum atomic E-state index is 4.73. The van der Waals surface area contributed by atoms with Crippen molar-refractivity contribution in [1.29, 1.82) is 0 Å². The monoisotopic (exact) mass is 629 g/mol. The molecule has 7 rings (SSSR count). The first-order chi connectivity index (χ1) is 16.6. The van der Waals surface area contributed by atoms with Gasteiger partial charge in [0.25, 0.3) is 0 Å². The molecule has 2 nitrogen and oxygen atoms in total. The average molecular weight is 629 g/mol. The fraction of sp³-hybridized carbons (Fsp3) is 0.125. The Balaban J connectivity index is 0.000000167. The van der Waals surface area contributed by atoms with E-state index in [1.807, 2.05) is 48.7 Å². The average Bonchev–Trinajstić information content (AvgIpc) is 3.13. The number of aromatic nitrogens is 2. The van der Waals surface area contributed by atoms with E-state index in [0.717, 1.165) is 27.7 Å². The Hall–Kier alpha value is -3.39. The number of aryl methyl sites for hydroxylation is 1. The van der Waals surface area contributed by atoms with Gasteiger partial charge in [0, 0.05) is 37.9 Å². The molecule has 3 heteroatoms. The van der Waals surface area contributed by atoms with Crippen LogP contribution in [-0.4, -0.2) is 9.97 Å². The van der Waals surface area contributed by atoms with Crippen LogP contribution in [0.4, 0.5) is 0 Å². The van der Waals surface area contributed by atoms with E-state index in [0.29, 0.717) is 0 Å². The SMILES string of the molecule is Cc1[c-]c2c(cc1)c1cccc3c1c1c(ccnc21)C3(C)C.[Ir].[c-]1ccccc1-c1ccccn1. The summed E-state index contributed by atoms with van der Waals surface area (Å²) in [6, 6.07) is 33.6. The molecule has 0 saturated carbocycles. The molecule has 1 aliphatic carbocycles. The van der Waals surface area contributed by atoms with E-state index in [1.165, 1.54) is 32.7 Å². The second kappa shape index (κ2) is 9.00. The summed E-state index contributed by atoms with van der Waals surface area (Å²) < 4.78 is 0. The summed E-state index contributed by atoms with van der Waals surface area (Å²) in [6.07, 6.45) is 3.74. The van der Waals surface area contributed by atoms with Crippen LogP contribution in [0, 0.1) is 19.1 Å². The fourth-order valence-corrected chi connectivity index (χ4v) is 5.22. The van der Waals surface area contributed by atoms with Crippen LogP contribution in [0.2, 0.25) is 0 Å². The van der Waals surface area contributed by atoms with Crippen molar-refractivity contribution in [3.8, 4) is 11.3 Å². The zero-order valence-electron chi connectivity index (χ0n) is 19.9. The van der Waals surface area contributed by atoms with E-state index in [-0.39, 0.29) is 25.5 Å². The minimum Gasteiger partial charge on any atom is -0.305 e. The first-order valence-corrected chi connectivity index (χ1v) is 11.6. The van der Waals surface area contributed by atoms with E-state index >= 15 is 0 Å². The van der Waals surface area contributed by atoms with Crippen molar-refractivity contribution in [1.82, 2.24) is 9.97 Å². The van der Waals surface area contributed by atoms with Crippen LogP contribution in [-0.2, 0) is 25.5 Å². The van der Waals surface area contributed by atoms with Gasteiger partial charge in [0.15, 0.2) is 0 Å². The molecule has 0 aliphatic heterocycles. The minimum atomic E-state index is 0. The summed E-state index contributed by atoms with van der Waals surface area (Å²) in [5.74, 6) is 0. The van der Waals surface area contributed by atoms with E-state index < -0.39 is 0 Å². The van der Waals surface area contributed by atoms with Crippen molar-refractivity contribution in [2.45, 2.75) is 26.2 Å². The number of hydrogen-bond acceptors (Lipinski definition) is 2. The molecule has 1 aliphatic rings. The summed E-state index contributed by atoms with van der Waals surface area (Å²) in [6.45, 7) is 6.73. The van der Waals surface area contributed by atoms with Crippen LogP contribution in [0.5, 0.6) is 0 Å². The molecule has 2 heterocycles. The molecule has 0 spiro atoms. The van der Waals surface area contributed by atoms with Crippen LogP contribution in [0.25, 0.3) is 43.7 Å². The molecule has 4 aromatic carbocycles. The smallest absolute Gasteiger partial charge is 0.0164 e. The molecule has 0 saturated heterocycles. The first-order valence-electron chi connectivity index (χ1n) is 11.6. The zero-order chi connectivity index (χ0) is 23.3. The van der Waals surface area contributed by atoms with Crippen LogP contribution in [0.3, 0.4) is 0 Å². The molecule has 0 amide bonds. The van der Waals surface area contributed by atoms with Crippen LogP contribution < -0.4 is 0 Å². The van der Waals surface area contributed by atoms with Gasteiger partial charge in [0.2, 0.25) is 0 Å². The van der Waals surface area contributed by atoms with Gasteiger partial charge in [0.1, 0.15) is 0 Å². The summed E-state index contributed by atoms with van der Waals surface area (Å²) in [5, 5.41) is 6.45. The predicted octanol–water partition coefficient (Wildman–Crippen LogP) is 7.84. The predicted molar refractivity (Wildman–Crippen MR) is 141 cm³/mol. The van der Waals surface area contributed by atoms with Gasteiger partial charge in [-0.05, 0) is 45.2 Å². The molecule has 173 valence electrons. The van der Waals surface area contributed by atoms with E-state index in [4.69, 9.17) is 4.98 Å². The normalized spacial score (nSPS) is 13.0. The molecule has 0 fully saturated rings. The summed E-state index contributed by atoms with van der Waals surface area (Å²) >= 11 is 0. The van der Waals surface area contributed by atoms with Gasteiger partial charge >= 0.3 is 0 Å². The van der Waals surface area contributed by atoms with Crippen LogP contribution in [0.15, 0.2) is 91.3 Å².